The summed E-state index contributed by atoms with van der Waals surface area (Å²) in [4.78, 5) is 17.1. The third-order valence-corrected chi connectivity index (χ3v) is 3.39. The van der Waals surface area contributed by atoms with Crippen LogP contribution in [-0.2, 0) is 11.2 Å². The van der Waals surface area contributed by atoms with Crippen molar-refractivity contribution >= 4 is 17.1 Å². The third kappa shape index (κ3) is 2.62. The molecule has 0 aliphatic heterocycles. The summed E-state index contributed by atoms with van der Waals surface area (Å²) in [6.45, 7) is 5.87. The van der Waals surface area contributed by atoms with Crippen LogP contribution in [0.1, 0.15) is 22.5 Å². The minimum atomic E-state index is -0.0838. The van der Waals surface area contributed by atoms with E-state index >= 15 is 0 Å². The van der Waals surface area contributed by atoms with Crippen LogP contribution in [0.3, 0.4) is 0 Å². The Hall–Kier alpha value is -0.740. The second-order valence-electron chi connectivity index (χ2n) is 3.40. The van der Waals surface area contributed by atoms with Gasteiger partial charge in [-0.15, -0.1) is 11.3 Å². The molecule has 0 fully saturated rings. The van der Waals surface area contributed by atoms with Gasteiger partial charge in [-0.25, -0.2) is 4.98 Å². The van der Waals surface area contributed by atoms with Crippen molar-refractivity contribution in [1.29, 1.82) is 0 Å². The number of carbonyl (C=O) groups excluding carboxylic acids is 1. The lowest BCUT2D eigenvalue weighted by molar-refractivity contribution is -0.119. The van der Waals surface area contributed by atoms with Crippen LogP contribution >= 0.6 is 11.3 Å². The van der Waals surface area contributed by atoms with Crippen molar-refractivity contribution in [2.75, 3.05) is 7.05 Å². The van der Waals surface area contributed by atoms with Gasteiger partial charge in [0.1, 0.15) is 5.01 Å². The molecule has 0 radical (unpaired) electrons. The van der Waals surface area contributed by atoms with Crippen molar-refractivity contribution in [1.82, 2.24) is 10.3 Å². The number of nitrogens with zero attached hydrogens (tertiary/aromatic N) is 1. The number of hydrogen-bond acceptors (Lipinski definition) is 4. The molecule has 1 N–H and O–H groups in total. The molecule has 0 bridgehead atoms. The highest BCUT2D eigenvalue weighted by Gasteiger charge is 2.13. The summed E-state index contributed by atoms with van der Waals surface area (Å²) < 4.78 is 0. The summed E-state index contributed by atoms with van der Waals surface area (Å²) in [6, 6.07) is -0.0838. The van der Waals surface area contributed by atoms with E-state index in [2.05, 4.69) is 10.3 Å². The summed E-state index contributed by atoms with van der Waals surface area (Å²) in [7, 11) is 1.79. The van der Waals surface area contributed by atoms with E-state index in [-0.39, 0.29) is 11.8 Å². The predicted octanol–water partition coefficient (Wildman–Crippen LogP) is 1.48. The highest BCUT2D eigenvalue weighted by Crippen LogP contribution is 2.17. The summed E-state index contributed by atoms with van der Waals surface area (Å²) in [5.74, 6) is 0.196. The fourth-order valence-electron chi connectivity index (χ4n) is 1.08. The van der Waals surface area contributed by atoms with Gasteiger partial charge < -0.3 is 5.32 Å². The van der Waals surface area contributed by atoms with Crippen LogP contribution in [0.15, 0.2) is 0 Å². The Kier molecular flexibility index (Phi) is 3.77. The molecule has 14 heavy (non-hydrogen) atoms. The Bertz CT molecular complexity index is 313. The molecule has 0 aliphatic carbocycles. The van der Waals surface area contributed by atoms with Crippen LogP contribution in [0.5, 0.6) is 0 Å². The lowest BCUT2D eigenvalue weighted by Gasteiger charge is -2.06. The van der Waals surface area contributed by atoms with Gasteiger partial charge in [-0.1, -0.05) is 0 Å². The van der Waals surface area contributed by atoms with E-state index in [1.807, 2.05) is 20.8 Å². The van der Waals surface area contributed by atoms with E-state index in [0.29, 0.717) is 6.42 Å². The van der Waals surface area contributed by atoms with E-state index in [4.69, 9.17) is 0 Å². The maximum atomic E-state index is 11.6. The first-order valence-corrected chi connectivity index (χ1v) is 5.49. The molecule has 1 unspecified atom stereocenters. The number of aryl methyl sites for hydroxylation is 2. The van der Waals surface area contributed by atoms with Crippen molar-refractivity contribution < 1.29 is 4.79 Å². The molecule has 0 aromatic carbocycles. The van der Waals surface area contributed by atoms with Crippen molar-refractivity contribution in [3.05, 3.63) is 15.6 Å². The van der Waals surface area contributed by atoms with Crippen molar-refractivity contribution in [2.45, 2.75) is 33.2 Å². The van der Waals surface area contributed by atoms with E-state index in [0.717, 1.165) is 10.7 Å². The summed E-state index contributed by atoms with van der Waals surface area (Å²) in [5, 5.41) is 3.86. The maximum absolute atomic E-state index is 11.6. The van der Waals surface area contributed by atoms with Crippen molar-refractivity contribution in [3.8, 4) is 0 Å². The monoisotopic (exact) mass is 212 g/mol. The van der Waals surface area contributed by atoms with Crippen LogP contribution in [0.4, 0.5) is 0 Å². The molecule has 3 nitrogen and oxygen atoms in total. The second kappa shape index (κ2) is 4.66. The van der Waals surface area contributed by atoms with E-state index in [1.165, 1.54) is 4.88 Å². The van der Waals surface area contributed by atoms with Crippen molar-refractivity contribution in [2.24, 2.45) is 0 Å². The average molecular weight is 212 g/mol. The smallest absolute Gasteiger partial charge is 0.156 e. The Labute approximate surface area is 88.6 Å². The zero-order chi connectivity index (χ0) is 10.7. The van der Waals surface area contributed by atoms with Crippen LogP contribution in [0, 0.1) is 13.8 Å². The second-order valence-corrected chi connectivity index (χ2v) is 4.69. The molecule has 1 aromatic heterocycles. The Balaban J connectivity index is 2.65. The zero-order valence-corrected chi connectivity index (χ0v) is 9.86. The van der Waals surface area contributed by atoms with Gasteiger partial charge in [0.25, 0.3) is 0 Å². The Morgan fingerprint density at radius 3 is 2.64 bits per heavy atom. The molecule has 0 spiro atoms. The van der Waals surface area contributed by atoms with Crippen LogP contribution in [0.25, 0.3) is 0 Å². The average Bonchev–Trinajstić information content (AvgIpc) is 2.44. The number of Topliss-reactive ketones (excluding diaryl/α,β-unsaturated/α-hetero) is 1. The van der Waals surface area contributed by atoms with Crippen LogP contribution in [-0.4, -0.2) is 23.9 Å². The summed E-state index contributed by atoms with van der Waals surface area (Å²) in [5.41, 5.74) is 1.04. The first kappa shape index (κ1) is 11.3. The number of thiazole rings is 1. The summed E-state index contributed by atoms with van der Waals surface area (Å²) >= 11 is 1.61. The number of carbonyl (C=O) groups is 1. The van der Waals surface area contributed by atoms with Gasteiger partial charge in [0, 0.05) is 4.88 Å². The summed E-state index contributed by atoms with van der Waals surface area (Å²) in [6.07, 6.45) is 0.446. The van der Waals surface area contributed by atoms with Gasteiger partial charge in [-0.3, -0.25) is 4.79 Å². The number of nitrogens with one attached hydrogen (secondary N) is 1. The molecule has 1 heterocycles. The first-order chi connectivity index (χ1) is 6.54. The third-order valence-electron chi connectivity index (χ3n) is 2.31. The van der Waals surface area contributed by atoms with Crippen molar-refractivity contribution in [3.63, 3.8) is 0 Å². The van der Waals surface area contributed by atoms with Gasteiger partial charge >= 0.3 is 0 Å². The number of likely N-dealkylation sites (N-methyl/N-ethyl adjacent to an activating group) is 1. The number of aromatic nitrogens is 1. The molecule has 4 heteroatoms. The Morgan fingerprint density at radius 2 is 2.21 bits per heavy atom. The fraction of sp³-hybridized carbons (Fsp3) is 0.600. The lowest BCUT2D eigenvalue weighted by Crippen LogP contribution is -2.31. The van der Waals surface area contributed by atoms with E-state index < -0.39 is 0 Å². The molecule has 0 saturated carbocycles. The fourth-order valence-corrected chi connectivity index (χ4v) is 2.02. The predicted molar refractivity (Wildman–Crippen MR) is 58.8 cm³/mol. The zero-order valence-electron chi connectivity index (χ0n) is 9.05. The number of rotatable bonds is 4. The standard InChI is InChI=1S/C10H16N2OS/c1-6-8(3)14-10(12-6)5-9(13)7(2)11-4/h7,11H,5H2,1-4H3. The molecule has 1 rings (SSSR count). The quantitative estimate of drug-likeness (QED) is 0.822. The highest BCUT2D eigenvalue weighted by molar-refractivity contribution is 7.11. The molecular weight excluding hydrogens is 196 g/mol. The molecule has 1 aromatic rings. The van der Waals surface area contributed by atoms with Gasteiger partial charge in [0.2, 0.25) is 0 Å². The van der Waals surface area contributed by atoms with Crippen LogP contribution in [0.2, 0.25) is 0 Å². The first-order valence-electron chi connectivity index (χ1n) is 4.67. The molecule has 0 amide bonds. The molecular formula is C10H16N2OS. The molecule has 1 atom stereocenters. The SMILES string of the molecule is CNC(C)C(=O)Cc1nc(C)c(C)s1. The molecule has 0 saturated heterocycles. The molecule has 0 aliphatic rings. The topological polar surface area (TPSA) is 42.0 Å². The van der Waals surface area contributed by atoms with Gasteiger partial charge in [0.15, 0.2) is 5.78 Å². The van der Waals surface area contributed by atoms with E-state index in [1.54, 1.807) is 18.4 Å². The minimum absolute atomic E-state index is 0.0838. The normalized spacial score (nSPS) is 12.9. The lowest BCUT2D eigenvalue weighted by atomic mass is 10.1. The Morgan fingerprint density at radius 1 is 1.57 bits per heavy atom. The minimum Gasteiger partial charge on any atom is -0.311 e. The van der Waals surface area contributed by atoms with Crippen LogP contribution < -0.4 is 5.32 Å². The largest absolute Gasteiger partial charge is 0.311 e. The van der Waals surface area contributed by atoms with Gasteiger partial charge in [0.05, 0.1) is 18.2 Å². The number of hydrogen-bond donors (Lipinski definition) is 1. The maximum Gasteiger partial charge on any atom is 0.156 e. The van der Waals surface area contributed by atoms with Gasteiger partial charge in [-0.2, -0.15) is 0 Å². The van der Waals surface area contributed by atoms with Gasteiger partial charge in [-0.05, 0) is 27.8 Å². The highest BCUT2D eigenvalue weighted by atomic mass is 32.1. The number of ketones is 1. The molecule has 78 valence electrons. The van der Waals surface area contributed by atoms with E-state index in [9.17, 15) is 4.79 Å².